The van der Waals surface area contributed by atoms with Crippen LogP contribution in [0, 0.1) is 0 Å². The molecular formula is C60H88N16O22S. The fraction of sp³-hybridized carbons (Fsp3) is 0.600. The normalized spacial score (nSPS) is 26.9. The van der Waals surface area contributed by atoms with Crippen molar-refractivity contribution in [3.8, 4) is 28.3 Å². The third-order valence-electron chi connectivity index (χ3n) is 16.5. The molecule has 4 fully saturated rings. The van der Waals surface area contributed by atoms with Gasteiger partial charge in [0.05, 0.1) is 105 Å². The van der Waals surface area contributed by atoms with Gasteiger partial charge in [0.15, 0.2) is 47.0 Å². The van der Waals surface area contributed by atoms with E-state index in [2.05, 4.69) is 56.8 Å². The van der Waals surface area contributed by atoms with Crippen LogP contribution in [-0.4, -0.2) is 315 Å². The lowest BCUT2D eigenvalue weighted by Gasteiger charge is -2.40. The van der Waals surface area contributed by atoms with E-state index < -0.39 is 120 Å². The summed E-state index contributed by atoms with van der Waals surface area (Å²) in [6.45, 7) is 4.25. The molecule has 0 aliphatic carbocycles. The van der Waals surface area contributed by atoms with Gasteiger partial charge in [-0.3, -0.25) is 19.3 Å². The fourth-order valence-corrected chi connectivity index (χ4v) is 12.3. The number of nitrogens with one attached hydrogen (secondary N) is 3. The van der Waals surface area contributed by atoms with Crippen LogP contribution < -0.4 is 21.7 Å². The van der Waals surface area contributed by atoms with Crippen molar-refractivity contribution in [2.75, 3.05) is 113 Å². The van der Waals surface area contributed by atoms with Gasteiger partial charge in [-0.25, -0.2) is 27.4 Å². The second-order valence-electron chi connectivity index (χ2n) is 23.0. The van der Waals surface area contributed by atoms with Crippen molar-refractivity contribution in [2.45, 2.75) is 118 Å². The van der Waals surface area contributed by atoms with E-state index in [1.165, 1.54) is 42.7 Å². The van der Waals surface area contributed by atoms with Gasteiger partial charge in [0.1, 0.15) is 60.6 Å². The van der Waals surface area contributed by atoms with Crippen LogP contribution in [0.5, 0.6) is 0 Å². The monoisotopic (exact) mass is 1420 g/mol. The quantitative estimate of drug-likeness (QED) is 0.0162. The molecule has 4 aliphatic heterocycles. The lowest BCUT2D eigenvalue weighted by molar-refractivity contribution is -0.287. The molecule has 11 N–H and O–H groups in total. The van der Waals surface area contributed by atoms with E-state index in [1.54, 1.807) is 45.2 Å². The van der Waals surface area contributed by atoms with Crippen LogP contribution in [0.15, 0.2) is 79.6 Å². The molecule has 3 unspecified atom stereocenters. The van der Waals surface area contributed by atoms with Crippen molar-refractivity contribution in [1.29, 1.82) is 0 Å². The number of rotatable bonds is 28. The van der Waals surface area contributed by atoms with Crippen LogP contribution in [-0.2, 0) is 110 Å². The highest BCUT2D eigenvalue weighted by atomic mass is 32.2. The van der Waals surface area contributed by atoms with Crippen molar-refractivity contribution >= 4 is 33.2 Å². The average Bonchev–Trinajstić information content (AvgIpc) is 1.81. The number of amides is 3. The van der Waals surface area contributed by atoms with E-state index in [-0.39, 0.29) is 44.4 Å². The summed E-state index contributed by atoms with van der Waals surface area (Å²) < 4.78 is 88.1. The van der Waals surface area contributed by atoms with Gasteiger partial charge in [0.2, 0.25) is 0 Å². The molecule has 0 bridgehead atoms. The number of hydrogen-bond donors (Lipinski definition) is 10. The molecular weight excluding hydrogens is 1330 g/mol. The molecule has 0 saturated carbocycles. The summed E-state index contributed by atoms with van der Waals surface area (Å²) in [4.78, 5) is 43.9. The smallest absolute Gasteiger partial charge is 0.252 e. The number of benzene rings is 2. The molecule has 4 aromatic heterocycles. The van der Waals surface area contributed by atoms with Crippen molar-refractivity contribution in [3.05, 3.63) is 90.9 Å². The molecule has 6 aromatic rings. The number of hydrogen-bond acceptors (Lipinski definition) is 31. The first-order valence-electron chi connectivity index (χ1n) is 31.4. The minimum Gasteiger partial charge on any atom is -0.399 e. The number of imidazole rings is 1. The largest absolute Gasteiger partial charge is 0.399 e. The maximum atomic E-state index is 12.7. The highest BCUT2D eigenvalue weighted by Crippen LogP contribution is 2.28. The zero-order valence-electron chi connectivity index (χ0n) is 55.6. The Labute approximate surface area is 569 Å². The first-order valence-corrected chi connectivity index (χ1v) is 33.2. The molecule has 39 heteroatoms. The van der Waals surface area contributed by atoms with Crippen molar-refractivity contribution in [2.24, 2.45) is 7.05 Å². The number of aromatic nitrogens is 11. The van der Waals surface area contributed by atoms with Crippen LogP contribution in [0.3, 0.4) is 0 Å². The van der Waals surface area contributed by atoms with E-state index >= 15 is 0 Å². The summed E-state index contributed by atoms with van der Waals surface area (Å²) in [5.74, 6) is -1.20. The second-order valence-corrected chi connectivity index (χ2v) is 25.3. The van der Waals surface area contributed by atoms with Crippen molar-refractivity contribution in [1.82, 2.24) is 75.4 Å². The lowest BCUT2D eigenvalue weighted by Crippen LogP contribution is -2.62. The molecule has 546 valence electrons. The number of nitrogens with two attached hydrogens (primary N) is 1. The van der Waals surface area contributed by atoms with Gasteiger partial charge in [-0.1, -0.05) is 39.9 Å². The van der Waals surface area contributed by atoms with Gasteiger partial charge in [-0.05, 0) is 29.8 Å². The molecule has 10 rings (SSSR count). The molecule has 2 aromatic carbocycles. The summed E-state index contributed by atoms with van der Waals surface area (Å²) >= 11 is 0. The fourth-order valence-electron chi connectivity index (χ4n) is 11.0. The Bertz CT molecular complexity index is 3560. The standard InChI is InChI=1S/C21H26N6O6.C20H29N5O7.C19H33N5O9S/c1-26-11-22-9-14(26)15-10-24-25-27(15)13-6-4-12(5-7-13)8-23-20(30)19-18(31-2)16(28)17(29)21(32-3)33-19;1-29-17-15(26)16(27)20(30-2)32-18(17)19(28)22-7-9-31-10-8-25-14(11-23-24-25)12-3-5-13(21)6-4-12;1-30-16-14(25)15(26)19(31-2)33-17(16)18(27)20-3-7-32-8-4-24-13(11-21-22-24)12-23-5-9-34(28,29)10-6-23/h4-7,9-11,16-19,21,28-29H,8H2,1-3H3,(H,23,30);3-6,11,15-18,20,26-27H,7-10,21H2,1-2H3,(H,22,28);11,14-17,19,25-26H,3-10,12H2,1-2H3,(H,20,27)/t16-,17+,18+,19?,21-;15-,16+,17+,18?,20-;14-,15+,16+,17?,19-/m111/s1. The number of nitrogens with zero attached hydrogens (tertiary/aromatic N) is 12. The molecule has 15 atom stereocenters. The number of aliphatic hydroxyl groups excluding tert-OH is 6. The second kappa shape index (κ2) is 37.3. The minimum absolute atomic E-state index is 0.159. The summed E-state index contributed by atoms with van der Waals surface area (Å²) in [5, 5.41) is 92.7. The Morgan fingerprint density at radius 2 is 1.02 bits per heavy atom. The highest BCUT2D eigenvalue weighted by molar-refractivity contribution is 7.91. The minimum atomic E-state index is -2.93. The Morgan fingerprint density at radius 1 is 0.556 bits per heavy atom. The Morgan fingerprint density at radius 3 is 1.51 bits per heavy atom. The third kappa shape index (κ3) is 20.2. The Kier molecular flexibility index (Phi) is 29.1. The van der Waals surface area contributed by atoms with Gasteiger partial charge in [-0.2, -0.15) is 0 Å². The number of nitrogen functional groups attached to an aromatic ring is 1. The van der Waals surface area contributed by atoms with Gasteiger partial charge >= 0.3 is 0 Å². The first kappa shape index (κ1) is 77.3. The van der Waals surface area contributed by atoms with E-state index in [1.807, 2.05) is 60.1 Å². The number of carbonyl (C=O) groups excluding carboxylic acids is 3. The number of anilines is 1. The molecule has 4 saturated heterocycles. The van der Waals surface area contributed by atoms with Gasteiger partial charge in [-0.15, -0.1) is 15.3 Å². The molecule has 4 aliphatic rings. The Hall–Kier alpha value is -7.49. The first-order chi connectivity index (χ1) is 47.6. The van der Waals surface area contributed by atoms with Gasteiger partial charge in [0, 0.05) is 100 Å². The number of sulfone groups is 1. The Balaban J connectivity index is 0.000000189. The maximum absolute atomic E-state index is 12.7. The molecule has 38 nitrogen and oxygen atoms in total. The number of methoxy groups -OCH3 is 6. The lowest BCUT2D eigenvalue weighted by atomic mass is 9.98. The number of aliphatic hydroxyl groups is 6. The predicted molar refractivity (Wildman–Crippen MR) is 342 cm³/mol. The number of aryl methyl sites for hydroxylation is 1. The molecule has 0 spiro atoms. The zero-order chi connectivity index (χ0) is 71.3. The average molecular weight is 1420 g/mol. The van der Waals surface area contributed by atoms with Gasteiger partial charge in [0.25, 0.3) is 17.7 Å². The molecule has 0 radical (unpaired) electrons. The predicted octanol–water partition coefficient (Wildman–Crippen LogP) is -5.09. The summed E-state index contributed by atoms with van der Waals surface area (Å²) in [5.41, 5.74) is 12.4. The van der Waals surface area contributed by atoms with Crippen molar-refractivity contribution in [3.63, 3.8) is 0 Å². The van der Waals surface area contributed by atoms with Crippen LogP contribution in [0.1, 0.15) is 11.3 Å². The molecule has 8 heterocycles. The molecule has 3 amide bonds. The summed E-state index contributed by atoms with van der Waals surface area (Å²) in [7, 11) is 6.86. The topological polar surface area (TPSA) is 484 Å². The van der Waals surface area contributed by atoms with E-state index in [9.17, 15) is 53.4 Å². The molecule has 99 heavy (non-hydrogen) atoms. The van der Waals surface area contributed by atoms with Crippen LogP contribution in [0.25, 0.3) is 28.3 Å². The maximum Gasteiger partial charge on any atom is 0.252 e. The van der Waals surface area contributed by atoms with Crippen LogP contribution in [0.2, 0.25) is 0 Å². The SMILES string of the molecule is CO[C@@H]1OC(C(=O)NCCOCCn2nncc2-c2ccc(N)cc2)[C@@H](OC)[C@H](O)[C@@H]1O.CO[C@@H]1OC(C(=O)NCCOCCn2nncc2CN2CCS(=O)(=O)CC2)[C@@H](OC)[C@H](O)[C@@H]1O.CO[C@@H]1OC(C(=O)NCc2ccc(-n3nncc3-c3cncn3C)cc2)[C@@H](OC)[C@H](O)[C@@H]1O. The van der Waals surface area contributed by atoms with E-state index in [0.29, 0.717) is 51.6 Å². The van der Waals surface area contributed by atoms with Gasteiger partial charge < -0.3 is 109 Å². The number of ether oxygens (including phenoxy) is 11. The van der Waals surface area contributed by atoms with E-state index in [4.69, 9.17) is 57.8 Å². The van der Waals surface area contributed by atoms with Crippen LogP contribution in [0.4, 0.5) is 5.69 Å². The highest BCUT2D eigenvalue weighted by Gasteiger charge is 2.50. The van der Waals surface area contributed by atoms with E-state index in [0.717, 1.165) is 39.6 Å². The van der Waals surface area contributed by atoms with Crippen LogP contribution >= 0.6 is 0 Å². The third-order valence-corrected chi connectivity index (χ3v) is 18.1. The summed E-state index contributed by atoms with van der Waals surface area (Å²) in [6.07, 6.45) is -9.56. The van der Waals surface area contributed by atoms with Crippen molar-refractivity contribution < 1.29 is 106 Å². The number of carbonyl (C=O) groups is 3. The summed E-state index contributed by atoms with van der Waals surface area (Å²) in [6, 6.07) is 14.9. The zero-order valence-corrected chi connectivity index (χ0v) is 56.4.